The van der Waals surface area contributed by atoms with Gasteiger partial charge in [-0.2, -0.15) is 0 Å². The van der Waals surface area contributed by atoms with Crippen LogP contribution < -0.4 is 0 Å². The Kier molecular flexibility index (Phi) is 3.14. The summed E-state index contributed by atoms with van der Waals surface area (Å²) in [5.74, 6) is -0.331. The monoisotopic (exact) mass is 179 g/mol. The summed E-state index contributed by atoms with van der Waals surface area (Å²) in [5, 5.41) is 2.76. The van der Waals surface area contributed by atoms with Gasteiger partial charge in [0.05, 0.1) is 13.5 Å². The summed E-state index contributed by atoms with van der Waals surface area (Å²) in [6.07, 6.45) is 0.167. The molecule has 68 valence electrons. The first-order valence-electron chi connectivity index (χ1n) is 3.75. The van der Waals surface area contributed by atoms with Crippen molar-refractivity contribution in [1.82, 2.24) is 0 Å². The van der Waals surface area contributed by atoms with Crippen molar-refractivity contribution in [3.05, 3.63) is 34.7 Å². The lowest BCUT2D eigenvalue weighted by Crippen LogP contribution is -2.03. The molecule has 1 aromatic rings. The average Bonchev–Trinajstić information content (AvgIpc) is 2.18. The molecule has 13 heavy (non-hydrogen) atoms. The summed E-state index contributed by atoms with van der Waals surface area (Å²) >= 11 is 0. The van der Waals surface area contributed by atoms with E-state index in [2.05, 4.69) is 9.91 Å². The standard InChI is InChI=1S/C9H9NO3/c1-13-9(11)6-7-3-2-4-8(5-7)10-12/h2-5H,6H2,1H3. The largest absolute Gasteiger partial charge is 0.469 e. The molecule has 0 radical (unpaired) electrons. The van der Waals surface area contributed by atoms with Gasteiger partial charge in [0.25, 0.3) is 0 Å². The van der Waals surface area contributed by atoms with Crippen LogP contribution in [0, 0.1) is 4.91 Å². The predicted molar refractivity (Wildman–Crippen MR) is 47.6 cm³/mol. The maximum atomic E-state index is 10.8. The molecule has 0 aliphatic heterocycles. The van der Waals surface area contributed by atoms with Gasteiger partial charge in [-0.05, 0) is 22.9 Å². The van der Waals surface area contributed by atoms with Crippen molar-refractivity contribution in [2.24, 2.45) is 5.18 Å². The lowest BCUT2D eigenvalue weighted by Gasteiger charge is -1.99. The molecule has 0 aromatic heterocycles. The fourth-order valence-corrected chi connectivity index (χ4v) is 0.962. The SMILES string of the molecule is COC(=O)Cc1cccc(N=O)c1. The van der Waals surface area contributed by atoms with Gasteiger partial charge in [-0.25, -0.2) is 0 Å². The van der Waals surface area contributed by atoms with E-state index >= 15 is 0 Å². The number of nitrogens with zero attached hydrogens (tertiary/aromatic N) is 1. The van der Waals surface area contributed by atoms with Crippen molar-refractivity contribution in [2.45, 2.75) is 6.42 Å². The second-order valence-corrected chi connectivity index (χ2v) is 2.51. The van der Waals surface area contributed by atoms with Gasteiger partial charge in [0, 0.05) is 0 Å². The van der Waals surface area contributed by atoms with Crippen LogP contribution in [0.2, 0.25) is 0 Å². The highest BCUT2D eigenvalue weighted by atomic mass is 16.5. The first kappa shape index (κ1) is 9.38. The third-order valence-corrected chi connectivity index (χ3v) is 1.59. The minimum atomic E-state index is -0.331. The number of carbonyl (C=O) groups excluding carboxylic acids is 1. The number of hydrogen-bond acceptors (Lipinski definition) is 4. The molecule has 0 aliphatic rings. The number of carbonyl (C=O) groups is 1. The summed E-state index contributed by atoms with van der Waals surface area (Å²) in [6, 6.07) is 6.55. The van der Waals surface area contributed by atoms with Crippen molar-refractivity contribution in [3.8, 4) is 0 Å². The molecule has 0 heterocycles. The Hall–Kier alpha value is -1.71. The normalized spacial score (nSPS) is 9.31. The lowest BCUT2D eigenvalue weighted by molar-refractivity contribution is -0.139. The summed E-state index contributed by atoms with van der Waals surface area (Å²) in [4.78, 5) is 21.0. The Bertz CT molecular complexity index is 322. The second-order valence-electron chi connectivity index (χ2n) is 2.51. The fraction of sp³-hybridized carbons (Fsp3) is 0.222. The Labute approximate surface area is 75.5 Å². The number of benzene rings is 1. The molecule has 0 saturated carbocycles. The van der Waals surface area contributed by atoms with Crippen molar-refractivity contribution in [2.75, 3.05) is 7.11 Å². The highest BCUT2D eigenvalue weighted by Crippen LogP contribution is 2.13. The molecule has 0 spiro atoms. The third-order valence-electron chi connectivity index (χ3n) is 1.59. The van der Waals surface area contributed by atoms with Gasteiger partial charge in [-0.15, -0.1) is 4.91 Å². The molecule has 0 saturated heterocycles. The molecule has 0 fully saturated rings. The van der Waals surface area contributed by atoms with Gasteiger partial charge in [0.1, 0.15) is 5.69 Å². The van der Waals surface area contributed by atoms with Crippen LogP contribution in [0.1, 0.15) is 5.56 Å². The van der Waals surface area contributed by atoms with E-state index in [1.54, 1.807) is 24.3 Å². The van der Waals surface area contributed by atoms with E-state index in [0.29, 0.717) is 5.69 Å². The molecule has 4 heteroatoms. The van der Waals surface area contributed by atoms with Gasteiger partial charge in [0.2, 0.25) is 0 Å². The van der Waals surface area contributed by atoms with Crippen LogP contribution in [-0.2, 0) is 16.0 Å². The van der Waals surface area contributed by atoms with Crippen LogP contribution in [0.25, 0.3) is 0 Å². The predicted octanol–water partition coefficient (Wildman–Crippen LogP) is 1.80. The smallest absolute Gasteiger partial charge is 0.309 e. The van der Waals surface area contributed by atoms with E-state index in [0.717, 1.165) is 5.56 Å². The average molecular weight is 179 g/mol. The quantitative estimate of drug-likeness (QED) is 0.525. The van der Waals surface area contributed by atoms with Crippen LogP contribution >= 0.6 is 0 Å². The third kappa shape index (κ3) is 2.66. The van der Waals surface area contributed by atoms with Gasteiger partial charge in [-0.1, -0.05) is 12.1 Å². The zero-order valence-corrected chi connectivity index (χ0v) is 7.19. The molecular weight excluding hydrogens is 170 g/mol. The van der Waals surface area contributed by atoms with E-state index < -0.39 is 0 Å². The van der Waals surface area contributed by atoms with Gasteiger partial charge in [-0.3, -0.25) is 4.79 Å². The van der Waals surface area contributed by atoms with Crippen molar-refractivity contribution in [3.63, 3.8) is 0 Å². The minimum Gasteiger partial charge on any atom is -0.469 e. The Morgan fingerprint density at radius 1 is 1.54 bits per heavy atom. The summed E-state index contributed by atoms with van der Waals surface area (Å²) in [6.45, 7) is 0. The van der Waals surface area contributed by atoms with Gasteiger partial charge in [0.15, 0.2) is 0 Å². The van der Waals surface area contributed by atoms with Crippen LogP contribution in [-0.4, -0.2) is 13.1 Å². The first-order valence-corrected chi connectivity index (χ1v) is 3.75. The molecule has 4 nitrogen and oxygen atoms in total. The number of methoxy groups -OCH3 is 1. The van der Waals surface area contributed by atoms with Gasteiger partial charge < -0.3 is 4.74 Å². The molecule has 0 atom stereocenters. The highest BCUT2D eigenvalue weighted by molar-refractivity contribution is 5.72. The van der Waals surface area contributed by atoms with Crippen LogP contribution in [0.15, 0.2) is 29.4 Å². The Balaban J connectivity index is 2.77. The zero-order valence-electron chi connectivity index (χ0n) is 7.19. The van der Waals surface area contributed by atoms with Crippen molar-refractivity contribution in [1.29, 1.82) is 0 Å². The van der Waals surface area contributed by atoms with Gasteiger partial charge >= 0.3 is 5.97 Å². The number of esters is 1. The van der Waals surface area contributed by atoms with E-state index in [4.69, 9.17) is 0 Å². The van der Waals surface area contributed by atoms with E-state index in [9.17, 15) is 9.70 Å². The number of nitroso groups, excluding NO2 is 1. The maximum Gasteiger partial charge on any atom is 0.309 e. The molecule has 1 rings (SSSR count). The summed E-state index contributed by atoms with van der Waals surface area (Å²) in [7, 11) is 1.32. The number of hydrogen-bond donors (Lipinski definition) is 0. The summed E-state index contributed by atoms with van der Waals surface area (Å²) in [5.41, 5.74) is 1.05. The molecular formula is C9H9NO3. The number of ether oxygens (including phenoxy) is 1. The zero-order chi connectivity index (χ0) is 9.68. The summed E-state index contributed by atoms with van der Waals surface area (Å²) < 4.78 is 4.48. The van der Waals surface area contributed by atoms with Crippen LogP contribution in [0.3, 0.4) is 0 Å². The van der Waals surface area contributed by atoms with Crippen LogP contribution in [0.4, 0.5) is 5.69 Å². The van der Waals surface area contributed by atoms with Crippen molar-refractivity contribution < 1.29 is 9.53 Å². The van der Waals surface area contributed by atoms with Crippen LogP contribution in [0.5, 0.6) is 0 Å². The van der Waals surface area contributed by atoms with E-state index in [1.807, 2.05) is 0 Å². The molecule has 0 amide bonds. The van der Waals surface area contributed by atoms with E-state index in [-0.39, 0.29) is 12.4 Å². The maximum absolute atomic E-state index is 10.8. The first-order chi connectivity index (χ1) is 6.26. The van der Waals surface area contributed by atoms with Crippen molar-refractivity contribution >= 4 is 11.7 Å². The Morgan fingerprint density at radius 3 is 2.92 bits per heavy atom. The molecule has 0 N–H and O–H groups in total. The minimum absolute atomic E-state index is 0.167. The molecule has 0 bridgehead atoms. The lowest BCUT2D eigenvalue weighted by atomic mass is 10.1. The number of rotatable bonds is 3. The molecule has 1 aromatic carbocycles. The topological polar surface area (TPSA) is 55.7 Å². The molecule has 0 unspecified atom stereocenters. The highest BCUT2D eigenvalue weighted by Gasteiger charge is 2.02. The Morgan fingerprint density at radius 2 is 2.31 bits per heavy atom. The molecule has 0 aliphatic carbocycles. The fourth-order valence-electron chi connectivity index (χ4n) is 0.962. The van der Waals surface area contributed by atoms with E-state index in [1.165, 1.54) is 7.11 Å². The second kappa shape index (κ2) is 4.35.